The lowest BCUT2D eigenvalue weighted by Gasteiger charge is -2.35. The highest BCUT2D eigenvalue weighted by atomic mass is 35.5. The molecule has 0 aromatic heterocycles. The molecule has 2 aliphatic heterocycles. The highest BCUT2D eigenvalue weighted by Gasteiger charge is 2.41. The van der Waals surface area contributed by atoms with Crippen molar-refractivity contribution in [1.29, 1.82) is 0 Å². The molecule has 0 radical (unpaired) electrons. The molecule has 0 bridgehead atoms. The summed E-state index contributed by atoms with van der Waals surface area (Å²) in [7, 11) is 0. The van der Waals surface area contributed by atoms with Gasteiger partial charge in [0.1, 0.15) is 5.92 Å². The Balaban J connectivity index is 0.00000261. The molecule has 2 aliphatic rings. The van der Waals surface area contributed by atoms with Gasteiger partial charge >= 0.3 is 0 Å². The van der Waals surface area contributed by atoms with Crippen LogP contribution < -0.4 is 10.2 Å². The number of halogens is 1. The van der Waals surface area contributed by atoms with Gasteiger partial charge < -0.3 is 15.1 Å². The van der Waals surface area contributed by atoms with E-state index in [2.05, 4.69) is 18.3 Å². The average Bonchev–Trinajstić information content (AvgIpc) is 3.00. The van der Waals surface area contributed by atoms with Gasteiger partial charge in [-0.3, -0.25) is 9.59 Å². The highest BCUT2D eigenvalue weighted by molar-refractivity contribution is 6.09. The van der Waals surface area contributed by atoms with Gasteiger partial charge in [0.2, 0.25) is 11.8 Å². The smallest absolute Gasteiger partial charge is 0.239 e. The van der Waals surface area contributed by atoms with Gasteiger partial charge in [-0.25, -0.2) is 0 Å². The van der Waals surface area contributed by atoms with Crippen LogP contribution in [0, 0.1) is 19.8 Å². The first-order valence-electron chi connectivity index (χ1n) is 9.92. The molecule has 1 unspecified atom stereocenters. The van der Waals surface area contributed by atoms with E-state index in [9.17, 15) is 9.59 Å². The van der Waals surface area contributed by atoms with Crippen molar-refractivity contribution in [2.24, 2.45) is 5.92 Å². The molecule has 2 amide bonds. The third-order valence-corrected chi connectivity index (χ3v) is 5.52. The van der Waals surface area contributed by atoms with E-state index < -0.39 is 5.92 Å². The second-order valence-electron chi connectivity index (χ2n) is 7.69. The molecular formula is C21H32ClN3O2. The fourth-order valence-electron chi connectivity index (χ4n) is 4.30. The molecule has 0 aliphatic carbocycles. The summed E-state index contributed by atoms with van der Waals surface area (Å²) >= 11 is 0. The maximum Gasteiger partial charge on any atom is 0.239 e. The topological polar surface area (TPSA) is 52.7 Å². The van der Waals surface area contributed by atoms with E-state index in [1.165, 1.54) is 0 Å². The van der Waals surface area contributed by atoms with E-state index in [1.807, 2.05) is 30.9 Å². The van der Waals surface area contributed by atoms with Gasteiger partial charge in [-0.15, -0.1) is 12.4 Å². The fourth-order valence-corrected chi connectivity index (χ4v) is 4.30. The van der Waals surface area contributed by atoms with Crippen LogP contribution in [0.4, 0.5) is 5.69 Å². The first kappa shape index (κ1) is 21.7. The Labute approximate surface area is 168 Å². The number of benzene rings is 1. The van der Waals surface area contributed by atoms with Gasteiger partial charge in [0.15, 0.2) is 0 Å². The lowest BCUT2D eigenvalue weighted by atomic mass is 10.00. The Bertz CT molecular complexity index is 653. The summed E-state index contributed by atoms with van der Waals surface area (Å²) < 4.78 is 0. The monoisotopic (exact) mass is 393 g/mol. The van der Waals surface area contributed by atoms with E-state index in [0.29, 0.717) is 13.0 Å². The number of carbonyl (C=O) groups is 2. The quantitative estimate of drug-likeness (QED) is 0.782. The molecule has 6 heteroatoms. The zero-order valence-corrected chi connectivity index (χ0v) is 17.5. The molecule has 1 N–H and O–H groups in total. The van der Waals surface area contributed by atoms with Crippen LogP contribution in [0.15, 0.2) is 18.2 Å². The predicted molar refractivity (Wildman–Crippen MR) is 112 cm³/mol. The number of nitrogens with one attached hydrogen (secondary N) is 1. The van der Waals surface area contributed by atoms with Crippen LogP contribution in [0.5, 0.6) is 0 Å². The van der Waals surface area contributed by atoms with Crippen molar-refractivity contribution >= 4 is 29.9 Å². The van der Waals surface area contributed by atoms with Crippen LogP contribution in [-0.2, 0) is 9.59 Å². The van der Waals surface area contributed by atoms with Crippen LogP contribution in [-0.4, -0.2) is 48.9 Å². The van der Waals surface area contributed by atoms with E-state index in [1.54, 1.807) is 4.90 Å². The van der Waals surface area contributed by atoms with Crippen LogP contribution in [0.3, 0.4) is 0 Å². The maximum atomic E-state index is 13.2. The molecule has 2 fully saturated rings. The van der Waals surface area contributed by atoms with Gasteiger partial charge in [0.05, 0.1) is 0 Å². The molecule has 0 saturated carbocycles. The number of aryl methyl sites for hydroxylation is 2. The molecule has 27 heavy (non-hydrogen) atoms. The summed E-state index contributed by atoms with van der Waals surface area (Å²) in [6, 6.07) is 6.45. The van der Waals surface area contributed by atoms with Gasteiger partial charge in [0.25, 0.3) is 0 Å². The lowest BCUT2D eigenvalue weighted by molar-refractivity contribution is -0.142. The third kappa shape index (κ3) is 4.82. The van der Waals surface area contributed by atoms with E-state index in [-0.39, 0.29) is 30.3 Å². The van der Waals surface area contributed by atoms with Crippen molar-refractivity contribution in [1.82, 2.24) is 10.2 Å². The summed E-state index contributed by atoms with van der Waals surface area (Å²) in [5, 5.41) is 3.35. The number of anilines is 1. The Kier molecular flexibility index (Phi) is 7.68. The summed E-state index contributed by atoms with van der Waals surface area (Å²) in [6.45, 7) is 9.46. The molecule has 1 atom stereocenters. The SMILES string of the molecule is CCCN(C(=O)C1CCN(c2cc(C)cc(C)c2)C1=O)C1CCNCC1.Cl. The molecule has 2 saturated heterocycles. The Morgan fingerprint density at radius 3 is 2.37 bits per heavy atom. The molecule has 0 spiro atoms. The second kappa shape index (κ2) is 9.56. The first-order chi connectivity index (χ1) is 12.5. The largest absolute Gasteiger partial charge is 0.339 e. The standard InChI is InChI=1S/C21H31N3O2.ClH/c1-4-10-23(17-5-8-22-9-6-17)20(25)19-7-11-24(21(19)26)18-13-15(2)12-16(3)14-18;/h12-14,17,19,22H,4-11H2,1-3H3;1H. The minimum absolute atomic E-state index is 0. The number of carbonyl (C=O) groups excluding carboxylic acids is 2. The molecule has 150 valence electrons. The number of hydrogen-bond acceptors (Lipinski definition) is 3. The van der Waals surface area contributed by atoms with E-state index >= 15 is 0 Å². The van der Waals surface area contributed by atoms with Crippen LogP contribution in [0.25, 0.3) is 0 Å². The number of amides is 2. The average molecular weight is 394 g/mol. The Morgan fingerprint density at radius 1 is 1.15 bits per heavy atom. The van der Waals surface area contributed by atoms with Crippen molar-refractivity contribution in [3.8, 4) is 0 Å². The number of piperidine rings is 1. The van der Waals surface area contributed by atoms with Crippen molar-refractivity contribution in [3.63, 3.8) is 0 Å². The van der Waals surface area contributed by atoms with Gasteiger partial charge in [-0.1, -0.05) is 13.0 Å². The van der Waals surface area contributed by atoms with Crippen molar-refractivity contribution in [3.05, 3.63) is 29.3 Å². The van der Waals surface area contributed by atoms with E-state index in [0.717, 1.165) is 55.7 Å². The summed E-state index contributed by atoms with van der Waals surface area (Å²) in [6.07, 6.45) is 3.51. The number of rotatable bonds is 5. The summed E-state index contributed by atoms with van der Waals surface area (Å²) in [5.74, 6) is -0.511. The zero-order valence-electron chi connectivity index (χ0n) is 16.7. The molecule has 1 aromatic carbocycles. The zero-order chi connectivity index (χ0) is 18.7. The number of nitrogens with zero attached hydrogens (tertiary/aromatic N) is 2. The van der Waals surface area contributed by atoms with Gasteiger partial charge in [-0.05, 0) is 75.9 Å². The fraction of sp³-hybridized carbons (Fsp3) is 0.619. The minimum Gasteiger partial charge on any atom is -0.339 e. The third-order valence-electron chi connectivity index (χ3n) is 5.52. The van der Waals surface area contributed by atoms with E-state index in [4.69, 9.17) is 0 Å². The minimum atomic E-state index is -0.516. The van der Waals surface area contributed by atoms with Crippen LogP contribution >= 0.6 is 12.4 Å². The summed E-state index contributed by atoms with van der Waals surface area (Å²) in [4.78, 5) is 30.0. The van der Waals surface area contributed by atoms with Crippen molar-refractivity contribution < 1.29 is 9.59 Å². The maximum absolute atomic E-state index is 13.2. The summed E-state index contributed by atoms with van der Waals surface area (Å²) in [5.41, 5.74) is 3.21. The molecule has 2 heterocycles. The van der Waals surface area contributed by atoms with Gasteiger partial charge in [0, 0.05) is 24.8 Å². The Hall–Kier alpha value is -1.59. The van der Waals surface area contributed by atoms with Crippen LogP contribution in [0.2, 0.25) is 0 Å². The van der Waals surface area contributed by atoms with Crippen molar-refractivity contribution in [2.45, 2.75) is 52.5 Å². The van der Waals surface area contributed by atoms with Gasteiger partial charge in [-0.2, -0.15) is 0 Å². The first-order valence-corrected chi connectivity index (χ1v) is 9.92. The predicted octanol–water partition coefficient (Wildman–Crippen LogP) is 3.07. The highest BCUT2D eigenvalue weighted by Crippen LogP contribution is 2.29. The van der Waals surface area contributed by atoms with Crippen molar-refractivity contribution in [2.75, 3.05) is 31.1 Å². The Morgan fingerprint density at radius 2 is 1.78 bits per heavy atom. The molecule has 3 rings (SSSR count). The molecular weight excluding hydrogens is 362 g/mol. The number of hydrogen-bond donors (Lipinski definition) is 1. The molecule has 5 nitrogen and oxygen atoms in total. The van der Waals surface area contributed by atoms with Crippen LogP contribution in [0.1, 0.15) is 43.7 Å². The second-order valence-corrected chi connectivity index (χ2v) is 7.69. The molecule has 1 aromatic rings. The lowest BCUT2D eigenvalue weighted by Crippen LogP contribution is -2.49. The normalized spacial score (nSPS) is 20.5.